The quantitative estimate of drug-likeness (QED) is 0.529. The summed E-state index contributed by atoms with van der Waals surface area (Å²) in [5, 5.41) is 6.48. The Bertz CT molecular complexity index is 860. The second kappa shape index (κ2) is 8.75. The van der Waals surface area contributed by atoms with E-state index in [9.17, 15) is 4.39 Å². The summed E-state index contributed by atoms with van der Waals surface area (Å²) in [4.78, 5) is 12.9. The van der Waals surface area contributed by atoms with Gasteiger partial charge in [-0.1, -0.05) is 12.1 Å². The monoisotopic (exact) mass is 352 g/mol. The molecule has 2 aromatic heterocycles. The smallest absolute Gasteiger partial charge is 0.191 e. The molecule has 0 aliphatic carbocycles. The average Bonchev–Trinajstić information content (AvgIpc) is 3.19. The summed E-state index contributed by atoms with van der Waals surface area (Å²) < 4.78 is 15.1. The lowest BCUT2D eigenvalue weighted by molar-refractivity contribution is 0.625. The number of aliphatic imine (C=N–C) groups is 1. The van der Waals surface area contributed by atoms with E-state index in [1.54, 1.807) is 24.8 Å². The van der Waals surface area contributed by atoms with Gasteiger partial charge in [-0.25, -0.2) is 19.4 Å². The molecule has 6 nitrogen and oxygen atoms in total. The van der Waals surface area contributed by atoms with Crippen LogP contribution < -0.4 is 10.6 Å². The number of nitrogens with one attached hydrogen (secondary N) is 2. The minimum atomic E-state index is -0.250. The molecule has 0 unspecified atom stereocenters. The van der Waals surface area contributed by atoms with E-state index in [1.165, 1.54) is 12.1 Å². The first kappa shape index (κ1) is 17.6. The predicted octanol–water partition coefficient (Wildman–Crippen LogP) is 2.66. The molecule has 0 spiro atoms. The zero-order valence-electron chi connectivity index (χ0n) is 14.6. The van der Waals surface area contributed by atoms with Crippen molar-refractivity contribution in [2.24, 2.45) is 4.99 Å². The Morgan fingerprint density at radius 3 is 2.85 bits per heavy atom. The molecule has 0 atom stereocenters. The van der Waals surface area contributed by atoms with Crippen molar-refractivity contribution in [3.8, 4) is 5.82 Å². The molecule has 0 saturated heterocycles. The fraction of sp³-hybridized carbons (Fsp3) is 0.211. The summed E-state index contributed by atoms with van der Waals surface area (Å²) in [6, 6.07) is 10.4. The zero-order chi connectivity index (χ0) is 18.2. The maximum Gasteiger partial charge on any atom is 0.191 e. The molecule has 0 fully saturated rings. The van der Waals surface area contributed by atoms with Crippen LogP contribution in [0.25, 0.3) is 5.82 Å². The van der Waals surface area contributed by atoms with Crippen molar-refractivity contribution in [1.82, 2.24) is 25.2 Å². The van der Waals surface area contributed by atoms with Gasteiger partial charge in [-0.05, 0) is 42.3 Å². The lowest BCUT2D eigenvalue weighted by Gasteiger charge is -2.12. The van der Waals surface area contributed by atoms with Crippen LogP contribution in [-0.4, -0.2) is 27.0 Å². The second-order valence-electron chi connectivity index (χ2n) is 5.67. The highest BCUT2D eigenvalue weighted by Gasteiger charge is 2.02. The first-order chi connectivity index (χ1) is 12.7. The highest BCUT2D eigenvalue weighted by atomic mass is 19.1. The van der Waals surface area contributed by atoms with Gasteiger partial charge in [0, 0.05) is 31.7 Å². The van der Waals surface area contributed by atoms with Crippen LogP contribution in [0.4, 0.5) is 4.39 Å². The third kappa shape index (κ3) is 4.89. The Balaban J connectivity index is 1.65. The van der Waals surface area contributed by atoms with Crippen LogP contribution in [-0.2, 0) is 13.1 Å². The second-order valence-corrected chi connectivity index (χ2v) is 5.67. The van der Waals surface area contributed by atoms with Gasteiger partial charge in [0.2, 0.25) is 0 Å². The molecular formula is C19H21FN6. The molecule has 1 aromatic carbocycles. The molecule has 0 bridgehead atoms. The van der Waals surface area contributed by atoms with Crippen molar-refractivity contribution < 1.29 is 4.39 Å². The number of nitrogens with zero attached hydrogens (tertiary/aromatic N) is 4. The summed E-state index contributed by atoms with van der Waals surface area (Å²) in [6.07, 6.45) is 7.05. The molecule has 134 valence electrons. The molecule has 3 rings (SSSR count). The number of pyridine rings is 1. The molecule has 2 heterocycles. The van der Waals surface area contributed by atoms with Gasteiger partial charge in [-0.3, -0.25) is 4.57 Å². The highest BCUT2D eigenvalue weighted by molar-refractivity contribution is 5.79. The molecule has 0 amide bonds. The molecule has 0 aliphatic rings. The topological polar surface area (TPSA) is 67.1 Å². The average molecular weight is 352 g/mol. The Kier molecular flexibility index (Phi) is 5.92. The number of benzene rings is 1. The number of imidazole rings is 1. The molecular weight excluding hydrogens is 331 g/mol. The standard InChI is InChI=1S/C19H21FN6/c1-2-22-19(24-12-15-4-3-5-17(20)10-15)25-13-16-6-7-23-18(11-16)26-9-8-21-14-26/h3-11,14H,2,12-13H2,1H3,(H2,22,24,25). The predicted molar refractivity (Wildman–Crippen MR) is 99.4 cm³/mol. The van der Waals surface area contributed by atoms with Gasteiger partial charge in [-0.15, -0.1) is 0 Å². The lowest BCUT2D eigenvalue weighted by atomic mass is 10.2. The van der Waals surface area contributed by atoms with Crippen molar-refractivity contribution in [1.29, 1.82) is 0 Å². The SMILES string of the molecule is CCNC(=NCc1cccc(F)c1)NCc1ccnc(-n2ccnc2)c1. The van der Waals surface area contributed by atoms with Gasteiger partial charge >= 0.3 is 0 Å². The van der Waals surface area contributed by atoms with E-state index >= 15 is 0 Å². The minimum Gasteiger partial charge on any atom is -0.357 e. The Morgan fingerprint density at radius 2 is 2.08 bits per heavy atom. The maximum atomic E-state index is 13.3. The van der Waals surface area contributed by atoms with Crippen LogP contribution >= 0.6 is 0 Å². The number of hydrogen-bond acceptors (Lipinski definition) is 3. The molecule has 0 radical (unpaired) electrons. The van der Waals surface area contributed by atoms with Gasteiger partial charge < -0.3 is 10.6 Å². The number of rotatable bonds is 6. The van der Waals surface area contributed by atoms with E-state index in [-0.39, 0.29) is 5.82 Å². The molecule has 7 heteroatoms. The van der Waals surface area contributed by atoms with Crippen LogP contribution in [0.5, 0.6) is 0 Å². The van der Waals surface area contributed by atoms with E-state index in [4.69, 9.17) is 0 Å². The Hall–Kier alpha value is -3.22. The van der Waals surface area contributed by atoms with Crippen LogP contribution in [0.1, 0.15) is 18.1 Å². The molecule has 0 aliphatic heterocycles. The van der Waals surface area contributed by atoms with Gasteiger partial charge in [0.25, 0.3) is 0 Å². The molecule has 26 heavy (non-hydrogen) atoms. The van der Waals surface area contributed by atoms with Crippen molar-refractivity contribution in [3.63, 3.8) is 0 Å². The highest BCUT2D eigenvalue weighted by Crippen LogP contribution is 2.07. The first-order valence-electron chi connectivity index (χ1n) is 8.44. The number of halogens is 1. The number of aromatic nitrogens is 3. The third-order valence-corrected chi connectivity index (χ3v) is 3.69. The van der Waals surface area contributed by atoms with Crippen LogP contribution in [0.2, 0.25) is 0 Å². The van der Waals surface area contributed by atoms with Crippen LogP contribution in [0.3, 0.4) is 0 Å². The summed E-state index contributed by atoms with van der Waals surface area (Å²) in [6.45, 7) is 3.75. The summed E-state index contributed by atoms with van der Waals surface area (Å²) in [5.41, 5.74) is 1.90. The van der Waals surface area contributed by atoms with Gasteiger partial charge in [0.15, 0.2) is 5.96 Å². The summed E-state index contributed by atoms with van der Waals surface area (Å²) in [7, 11) is 0. The van der Waals surface area contributed by atoms with Gasteiger partial charge in [0.1, 0.15) is 18.0 Å². The largest absolute Gasteiger partial charge is 0.357 e. The molecule has 3 aromatic rings. The zero-order valence-corrected chi connectivity index (χ0v) is 14.6. The van der Waals surface area contributed by atoms with E-state index in [1.807, 2.05) is 35.9 Å². The Labute approximate surface area is 151 Å². The number of hydrogen-bond donors (Lipinski definition) is 2. The normalized spacial score (nSPS) is 11.4. The van der Waals surface area contributed by atoms with Gasteiger partial charge in [0.05, 0.1) is 6.54 Å². The third-order valence-electron chi connectivity index (χ3n) is 3.69. The molecule has 2 N–H and O–H groups in total. The van der Waals surface area contributed by atoms with Gasteiger partial charge in [-0.2, -0.15) is 0 Å². The lowest BCUT2D eigenvalue weighted by Crippen LogP contribution is -2.36. The van der Waals surface area contributed by atoms with E-state index in [0.29, 0.717) is 19.0 Å². The Morgan fingerprint density at radius 1 is 1.15 bits per heavy atom. The van der Waals surface area contributed by atoms with Crippen molar-refractivity contribution >= 4 is 5.96 Å². The fourth-order valence-corrected chi connectivity index (χ4v) is 2.44. The van der Waals surface area contributed by atoms with E-state index in [2.05, 4.69) is 25.6 Å². The fourth-order valence-electron chi connectivity index (χ4n) is 2.44. The minimum absolute atomic E-state index is 0.250. The van der Waals surface area contributed by atoms with E-state index in [0.717, 1.165) is 23.5 Å². The first-order valence-corrected chi connectivity index (χ1v) is 8.44. The summed E-state index contributed by atoms with van der Waals surface area (Å²) in [5.74, 6) is 1.24. The maximum absolute atomic E-state index is 13.3. The molecule has 0 saturated carbocycles. The van der Waals surface area contributed by atoms with Crippen molar-refractivity contribution in [2.75, 3.05) is 6.54 Å². The van der Waals surface area contributed by atoms with Crippen molar-refractivity contribution in [3.05, 3.63) is 78.3 Å². The van der Waals surface area contributed by atoms with E-state index < -0.39 is 0 Å². The number of guanidine groups is 1. The van der Waals surface area contributed by atoms with Crippen LogP contribution in [0, 0.1) is 5.82 Å². The van der Waals surface area contributed by atoms with Crippen LogP contribution in [0.15, 0.2) is 66.3 Å². The summed E-state index contributed by atoms with van der Waals surface area (Å²) >= 11 is 0. The van der Waals surface area contributed by atoms with Crippen molar-refractivity contribution in [2.45, 2.75) is 20.0 Å².